The minimum absolute atomic E-state index is 0.191. The minimum Gasteiger partial charge on any atom is -0.325 e. The second-order valence-electron chi connectivity index (χ2n) is 6.16. The first-order chi connectivity index (χ1) is 9.58. The third-order valence-electron chi connectivity index (χ3n) is 4.12. The summed E-state index contributed by atoms with van der Waals surface area (Å²) in [6, 6.07) is 10.7. The normalized spacial score (nSPS) is 16.5. The molecule has 0 radical (unpaired) electrons. The van der Waals surface area contributed by atoms with E-state index in [1.165, 1.54) is 5.56 Å². The number of piperidine rings is 1. The van der Waals surface area contributed by atoms with Crippen LogP contribution in [0, 0.1) is 5.92 Å². The predicted molar refractivity (Wildman–Crippen MR) is 82.5 cm³/mol. The maximum Gasteiger partial charge on any atom is 0.320 e. The van der Waals surface area contributed by atoms with Crippen molar-refractivity contribution in [3.8, 4) is 0 Å². The number of amides is 2. The smallest absolute Gasteiger partial charge is 0.320 e. The Hall–Kier alpha value is -1.51. The average Bonchev–Trinajstić information content (AvgIpc) is 2.45. The number of benzene rings is 1. The SMILES string of the molecule is CC1CCN(C(=O)N(Cc2ccccc2)C(C)C)CC1. The molecule has 0 bridgehead atoms. The van der Waals surface area contributed by atoms with Crippen LogP contribution in [0.3, 0.4) is 0 Å². The molecule has 1 aromatic carbocycles. The highest BCUT2D eigenvalue weighted by molar-refractivity contribution is 5.74. The standard InChI is InChI=1S/C17H26N2O/c1-14(2)19(13-16-7-5-4-6-8-16)17(20)18-11-9-15(3)10-12-18/h4-8,14-15H,9-13H2,1-3H3. The molecule has 0 spiro atoms. The summed E-state index contributed by atoms with van der Waals surface area (Å²) in [6.07, 6.45) is 2.26. The van der Waals surface area contributed by atoms with Gasteiger partial charge < -0.3 is 9.80 Å². The van der Waals surface area contributed by atoms with Gasteiger partial charge in [0.2, 0.25) is 0 Å². The van der Waals surface area contributed by atoms with Gasteiger partial charge in [0, 0.05) is 25.7 Å². The first-order valence-corrected chi connectivity index (χ1v) is 7.67. The molecule has 3 heteroatoms. The van der Waals surface area contributed by atoms with E-state index in [2.05, 4.69) is 32.9 Å². The lowest BCUT2D eigenvalue weighted by atomic mass is 9.99. The number of urea groups is 1. The summed E-state index contributed by atoms with van der Waals surface area (Å²) in [5.41, 5.74) is 1.19. The molecule has 0 atom stereocenters. The van der Waals surface area contributed by atoms with Crippen molar-refractivity contribution in [1.82, 2.24) is 9.80 Å². The summed E-state index contributed by atoms with van der Waals surface area (Å²) in [7, 11) is 0. The quantitative estimate of drug-likeness (QED) is 0.823. The van der Waals surface area contributed by atoms with Crippen LogP contribution < -0.4 is 0 Å². The van der Waals surface area contributed by atoms with Gasteiger partial charge in [-0.05, 0) is 38.2 Å². The van der Waals surface area contributed by atoms with Crippen molar-refractivity contribution in [2.24, 2.45) is 5.92 Å². The summed E-state index contributed by atoms with van der Waals surface area (Å²) >= 11 is 0. The zero-order valence-corrected chi connectivity index (χ0v) is 12.9. The third-order valence-corrected chi connectivity index (χ3v) is 4.12. The number of carbonyl (C=O) groups is 1. The highest BCUT2D eigenvalue weighted by Gasteiger charge is 2.26. The number of nitrogens with zero attached hydrogens (tertiary/aromatic N) is 2. The molecule has 1 fully saturated rings. The van der Waals surface area contributed by atoms with Crippen molar-refractivity contribution >= 4 is 6.03 Å². The van der Waals surface area contributed by atoms with E-state index < -0.39 is 0 Å². The summed E-state index contributed by atoms with van der Waals surface area (Å²) in [4.78, 5) is 16.7. The van der Waals surface area contributed by atoms with Crippen LogP contribution >= 0.6 is 0 Å². The van der Waals surface area contributed by atoms with E-state index in [9.17, 15) is 4.79 Å². The largest absolute Gasteiger partial charge is 0.325 e. The summed E-state index contributed by atoms with van der Waals surface area (Å²) in [6.45, 7) is 8.95. The van der Waals surface area contributed by atoms with Gasteiger partial charge in [0.25, 0.3) is 0 Å². The molecule has 1 aliphatic rings. The second kappa shape index (κ2) is 6.78. The number of hydrogen-bond acceptors (Lipinski definition) is 1. The molecule has 0 unspecified atom stereocenters. The monoisotopic (exact) mass is 274 g/mol. The molecule has 1 aromatic rings. The van der Waals surface area contributed by atoms with Crippen LogP contribution in [0.1, 0.15) is 39.2 Å². The first-order valence-electron chi connectivity index (χ1n) is 7.67. The number of likely N-dealkylation sites (tertiary alicyclic amines) is 1. The van der Waals surface area contributed by atoms with Gasteiger partial charge in [0.05, 0.1) is 0 Å². The van der Waals surface area contributed by atoms with Crippen LogP contribution in [0.5, 0.6) is 0 Å². The lowest BCUT2D eigenvalue weighted by molar-refractivity contribution is 0.121. The Morgan fingerprint density at radius 3 is 2.40 bits per heavy atom. The summed E-state index contributed by atoms with van der Waals surface area (Å²) in [5.74, 6) is 0.751. The highest BCUT2D eigenvalue weighted by Crippen LogP contribution is 2.19. The van der Waals surface area contributed by atoms with Crippen LogP contribution in [0.15, 0.2) is 30.3 Å². The van der Waals surface area contributed by atoms with Crippen LogP contribution in [-0.4, -0.2) is 35.0 Å². The molecule has 2 rings (SSSR count). The van der Waals surface area contributed by atoms with Crippen molar-refractivity contribution in [2.45, 2.75) is 46.2 Å². The van der Waals surface area contributed by atoms with Crippen molar-refractivity contribution in [2.75, 3.05) is 13.1 Å². The van der Waals surface area contributed by atoms with Crippen LogP contribution in [0.2, 0.25) is 0 Å². The molecule has 110 valence electrons. The Kier molecular flexibility index (Phi) is 5.05. The summed E-state index contributed by atoms with van der Waals surface area (Å²) in [5, 5.41) is 0. The van der Waals surface area contributed by atoms with Gasteiger partial charge in [-0.15, -0.1) is 0 Å². The molecule has 1 heterocycles. The number of hydrogen-bond donors (Lipinski definition) is 0. The maximum absolute atomic E-state index is 12.7. The van der Waals surface area contributed by atoms with E-state index in [4.69, 9.17) is 0 Å². The molecule has 0 aromatic heterocycles. The topological polar surface area (TPSA) is 23.6 Å². The number of carbonyl (C=O) groups excluding carboxylic acids is 1. The molecule has 0 N–H and O–H groups in total. The van der Waals surface area contributed by atoms with Crippen LogP contribution in [0.25, 0.3) is 0 Å². The lowest BCUT2D eigenvalue weighted by Gasteiger charge is -2.36. The fourth-order valence-corrected chi connectivity index (χ4v) is 2.63. The van der Waals surface area contributed by atoms with Crippen molar-refractivity contribution in [3.63, 3.8) is 0 Å². The van der Waals surface area contributed by atoms with Crippen molar-refractivity contribution in [1.29, 1.82) is 0 Å². The Morgan fingerprint density at radius 2 is 1.85 bits per heavy atom. The second-order valence-corrected chi connectivity index (χ2v) is 6.16. The van der Waals surface area contributed by atoms with Gasteiger partial charge in [-0.25, -0.2) is 4.79 Å². The highest BCUT2D eigenvalue weighted by atomic mass is 16.2. The Morgan fingerprint density at radius 1 is 1.25 bits per heavy atom. The summed E-state index contributed by atoms with van der Waals surface area (Å²) < 4.78 is 0. The third kappa shape index (κ3) is 3.75. The Bertz CT molecular complexity index is 422. The molecule has 20 heavy (non-hydrogen) atoms. The molecule has 2 amide bonds. The van der Waals surface area contributed by atoms with Crippen molar-refractivity contribution < 1.29 is 4.79 Å². The zero-order valence-electron chi connectivity index (χ0n) is 12.9. The van der Waals surface area contributed by atoms with E-state index in [-0.39, 0.29) is 12.1 Å². The molecular weight excluding hydrogens is 248 g/mol. The van der Waals surface area contributed by atoms with E-state index in [0.29, 0.717) is 6.54 Å². The van der Waals surface area contributed by atoms with Gasteiger partial charge >= 0.3 is 6.03 Å². The van der Waals surface area contributed by atoms with Gasteiger partial charge in [0.1, 0.15) is 0 Å². The molecule has 0 saturated carbocycles. The fraction of sp³-hybridized carbons (Fsp3) is 0.588. The molecule has 3 nitrogen and oxygen atoms in total. The van der Waals surface area contributed by atoms with Gasteiger partial charge in [-0.3, -0.25) is 0 Å². The van der Waals surface area contributed by atoms with Crippen molar-refractivity contribution in [3.05, 3.63) is 35.9 Å². The molecule has 0 aliphatic carbocycles. The fourth-order valence-electron chi connectivity index (χ4n) is 2.63. The van der Waals surface area contributed by atoms with E-state index in [0.717, 1.165) is 31.8 Å². The predicted octanol–water partition coefficient (Wildman–Crippen LogP) is 3.75. The molecular formula is C17H26N2O. The molecule has 1 aliphatic heterocycles. The van der Waals surface area contributed by atoms with Gasteiger partial charge in [-0.2, -0.15) is 0 Å². The van der Waals surface area contributed by atoms with E-state index in [1.807, 2.05) is 28.0 Å². The van der Waals surface area contributed by atoms with E-state index in [1.54, 1.807) is 0 Å². The average molecular weight is 274 g/mol. The first kappa shape index (κ1) is 14.9. The minimum atomic E-state index is 0.191. The van der Waals surface area contributed by atoms with Gasteiger partial charge in [0.15, 0.2) is 0 Å². The van der Waals surface area contributed by atoms with Crippen LogP contribution in [0.4, 0.5) is 4.79 Å². The molecule has 1 saturated heterocycles. The zero-order chi connectivity index (χ0) is 14.5. The Labute approximate surface area is 122 Å². The van der Waals surface area contributed by atoms with Crippen LogP contribution in [-0.2, 0) is 6.54 Å². The van der Waals surface area contributed by atoms with E-state index >= 15 is 0 Å². The number of rotatable bonds is 3. The lowest BCUT2D eigenvalue weighted by Crippen LogP contribution is -2.48. The maximum atomic E-state index is 12.7. The Balaban J connectivity index is 2.03. The van der Waals surface area contributed by atoms with Gasteiger partial charge in [-0.1, -0.05) is 37.3 Å².